The molecule has 0 amide bonds. The minimum Gasteiger partial charge on any atom is -1.00 e. The molecule has 103 valence electrons. The fourth-order valence-electron chi connectivity index (χ4n) is 3.63. The first-order valence-corrected chi connectivity index (χ1v) is 11.2. The average molecular weight is 383 g/mol. The fourth-order valence-corrected chi connectivity index (χ4v) is 12.8. The summed E-state index contributed by atoms with van der Waals surface area (Å²) in [6.45, 7) is 2.48. The van der Waals surface area contributed by atoms with Gasteiger partial charge in [-0.15, -0.1) is 0 Å². The first-order chi connectivity index (χ1) is 8.82. The van der Waals surface area contributed by atoms with Gasteiger partial charge in [-0.1, -0.05) is 0 Å². The number of fused-ring (bicyclic) bond motifs is 1. The van der Waals surface area contributed by atoms with Crippen LogP contribution in [0.1, 0.15) is 24.5 Å². The van der Waals surface area contributed by atoms with E-state index < -0.39 is 21.8 Å². The summed E-state index contributed by atoms with van der Waals surface area (Å²) in [6, 6.07) is 9.06. The van der Waals surface area contributed by atoms with Crippen molar-refractivity contribution >= 4 is 6.08 Å². The van der Waals surface area contributed by atoms with Gasteiger partial charge in [-0.3, -0.25) is 0 Å². The van der Waals surface area contributed by atoms with E-state index in [4.69, 9.17) is 0 Å². The summed E-state index contributed by atoms with van der Waals surface area (Å²) in [7, 11) is 0. The van der Waals surface area contributed by atoms with E-state index in [1.807, 2.05) is 0 Å². The van der Waals surface area contributed by atoms with E-state index >= 15 is 0 Å². The van der Waals surface area contributed by atoms with Crippen LogP contribution < -0.4 is 24.8 Å². The smallest absolute Gasteiger partial charge is 1.00 e. The van der Waals surface area contributed by atoms with Crippen LogP contribution >= 0.6 is 0 Å². The predicted molar refractivity (Wildman–Crippen MR) is 73.2 cm³/mol. The van der Waals surface area contributed by atoms with E-state index in [0.29, 0.717) is 3.12 Å². The van der Waals surface area contributed by atoms with E-state index in [0.717, 1.165) is 3.63 Å². The number of allylic oxidation sites excluding steroid dienone is 5. The van der Waals surface area contributed by atoms with E-state index in [1.165, 1.54) is 12.0 Å². The van der Waals surface area contributed by atoms with Crippen molar-refractivity contribution in [3.05, 3.63) is 65.3 Å². The molecule has 1 aliphatic heterocycles. The topological polar surface area (TPSA) is 0 Å². The molecule has 1 fully saturated rings. The molecule has 1 heterocycles. The molecule has 2 atom stereocenters. The maximum Gasteiger partial charge on any atom is -1.00 e. The van der Waals surface area contributed by atoms with Crippen molar-refractivity contribution < 1.29 is 46.6 Å². The van der Waals surface area contributed by atoms with Crippen LogP contribution in [0.3, 0.4) is 0 Å². The molecular weight excluding hydrogens is 366 g/mol. The second kappa shape index (κ2) is 5.95. The van der Waals surface area contributed by atoms with Crippen LogP contribution in [0.4, 0.5) is 0 Å². The normalized spacial score (nSPS) is 28.6. The summed E-state index contributed by atoms with van der Waals surface area (Å²) >= 11 is -1.31. The van der Waals surface area contributed by atoms with Gasteiger partial charge in [0.05, 0.1) is 0 Å². The first-order valence-electron chi connectivity index (χ1n) is 6.83. The molecule has 3 aliphatic rings. The van der Waals surface area contributed by atoms with E-state index in [9.17, 15) is 0 Å². The van der Waals surface area contributed by atoms with E-state index in [2.05, 4.69) is 61.6 Å². The molecule has 2 aliphatic carbocycles. The largest absolute Gasteiger partial charge is 1.00 e. The van der Waals surface area contributed by atoms with Gasteiger partial charge in [0.15, 0.2) is 0 Å². The Hall–Kier alpha value is -0.0969. The number of benzene rings is 1. The van der Waals surface area contributed by atoms with Gasteiger partial charge in [0.25, 0.3) is 0 Å². The summed E-state index contributed by atoms with van der Waals surface area (Å²) in [5.74, 6) is 0. The van der Waals surface area contributed by atoms with Gasteiger partial charge in [0.1, 0.15) is 0 Å². The van der Waals surface area contributed by atoms with Gasteiger partial charge in [-0.25, -0.2) is 0 Å². The standard InChI is InChI=1S/C14H11.C3H6.2ClH.Zr/c1-2-6-11(5-1)14-10-9-12-7-3-4-8-13(12)14;1-3-2;;;/h1-5,7-10H,6H2;3H,1H2,2H3;2*1H;/q;;;;+2/p-2. The Labute approximate surface area is 141 Å². The molecule has 0 N–H and O–H groups in total. The van der Waals surface area contributed by atoms with Crippen LogP contribution in [0, 0.1) is 0 Å². The monoisotopic (exact) mass is 381 g/mol. The summed E-state index contributed by atoms with van der Waals surface area (Å²) in [5, 5.41) is 0. The summed E-state index contributed by atoms with van der Waals surface area (Å²) in [4.78, 5) is 0. The van der Waals surface area contributed by atoms with Crippen molar-refractivity contribution in [2.75, 3.05) is 0 Å². The van der Waals surface area contributed by atoms with E-state index in [-0.39, 0.29) is 24.8 Å². The number of halogens is 2. The third-order valence-corrected chi connectivity index (χ3v) is 13.7. The summed E-state index contributed by atoms with van der Waals surface area (Å²) < 4.78 is 3.03. The van der Waals surface area contributed by atoms with Crippen LogP contribution in [-0.2, 0) is 24.9 Å². The minimum absolute atomic E-state index is 0. The van der Waals surface area contributed by atoms with Crippen LogP contribution in [0.25, 0.3) is 6.08 Å². The third kappa shape index (κ3) is 2.23. The van der Waals surface area contributed by atoms with Gasteiger partial charge >= 0.3 is 117 Å². The van der Waals surface area contributed by atoms with Gasteiger partial charge in [-0.05, 0) is 0 Å². The second-order valence-electron chi connectivity index (χ2n) is 5.68. The van der Waals surface area contributed by atoms with Crippen LogP contribution in [0.2, 0.25) is 7.75 Å². The molecule has 0 bridgehead atoms. The Morgan fingerprint density at radius 2 is 1.95 bits per heavy atom. The molecule has 0 saturated carbocycles. The average Bonchev–Trinajstić information content (AvgIpc) is 2.88. The van der Waals surface area contributed by atoms with Gasteiger partial charge < -0.3 is 24.8 Å². The molecule has 1 aromatic carbocycles. The zero-order chi connectivity index (χ0) is 12.2. The van der Waals surface area contributed by atoms with Crippen LogP contribution in [0.15, 0.2) is 54.1 Å². The number of hydrogen-bond donors (Lipinski definition) is 0. The molecule has 0 nitrogen and oxygen atoms in total. The SMILES string of the molecule is C[CH]1[CH2][Zr+2]1[C]1(C2=CC=CC2)C=Cc2ccccc21.[Cl-].[Cl-]. The summed E-state index contributed by atoms with van der Waals surface area (Å²) in [6.07, 6.45) is 13.1. The molecule has 0 spiro atoms. The second-order valence-corrected chi connectivity index (χ2v) is 13.6. The van der Waals surface area contributed by atoms with Crippen molar-refractivity contribution in [2.45, 2.75) is 24.2 Å². The Morgan fingerprint density at radius 1 is 1.20 bits per heavy atom. The Balaban J connectivity index is 0.000000735. The zero-order valence-electron chi connectivity index (χ0n) is 11.4. The zero-order valence-corrected chi connectivity index (χ0v) is 15.4. The van der Waals surface area contributed by atoms with Crippen molar-refractivity contribution in [1.82, 2.24) is 0 Å². The van der Waals surface area contributed by atoms with Crippen LogP contribution in [0.5, 0.6) is 0 Å². The maximum atomic E-state index is 2.56. The van der Waals surface area contributed by atoms with Crippen LogP contribution in [-0.4, -0.2) is 0 Å². The summed E-state index contributed by atoms with van der Waals surface area (Å²) in [5.41, 5.74) is 4.78. The third-order valence-electron chi connectivity index (χ3n) is 4.64. The minimum atomic E-state index is -1.31. The van der Waals surface area contributed by atoms with Crippen molar-refractivity contribution in [1.29, 1.82) is 0 Å². The molecule has 4 rings (SSSR count). The van der Waals surface area contributed by atoms with Crippen molar-refractivity contribution in [3.8, 4) is 0 Å². The van der Waals surface area contributed by atoms with Crippen molar-refractivity contribution in [2.24, 2.45) is 0 Å². The van der Waals surface area contributed by atoms with E-state index in [1.54, 1.807) is 15.3 Å². The molecule has 20 heavy (non-hydrogen) atoms. The quantitative estimate of drug-likeness (QED) is 0.593. The molecule has 1 aromatic rings. The number of hydrogen-bond acceptors (Lipinski definition) is 0. The molecule has 1 saturated heterocycles. The maximum absolute atomic E-state index is 2.56. The Kier molecular flexibility index (Phi) is 4.84. The fraction of sp³-hybridized carbons (Fsp3) is 0.294. The van der Waals surface area contributed by atoms with Gasteiger partial charge in [-0.2, -0.15) is 0 Å². The molecular formula is C17H17Cl2Zr. The molecule has 0 radical (unpaired) electrons. The first kappa shape index (κ1) is 16.3. The molecule has 0 aromatic heterocycles. The Morgan fingerprint density at radius 3 is 2.60 bits per heavy atom. The van der Waals surface area contributed by atoms with Gasteiger partial charge in [0, 0.05) is 0 Å². The van der Waals surface area contributed by atoms with Gasteiger partial charge in [0.2, 0.25) is 0 Å². The number of rotatable bonds is 2. The predicted octanol–water partition coefficient (Wildman–Crippen LogP) is -1.34. The molecule has 3 heteroatoms. The van der Waals surface area contributed by atoms with Crippen molar-refractivity contribution in [3.63, 3.8) is 0 Å². The molecule has 2 unspecified atom stereocenters. The Bertz CT molecular complexity index is 603.